The summed E-state index contributed by atoms with van der Waals surface area (Å²) in [4.78, 5) is 0. The molecule has 2 nitrogen and oxygen atoms in total. The van der Waals surface area contributed by atoms with Crippen LogP contribution in [0.2, 0.25) is 10.0 Å². The summed E-state index contributed by atoms with van der Waals surface area (Å²) in [5, 5.41) is 14.6. The lowest BCUT2D eigenvalue weighted by molar-refractivity contribution is 0.171. The van der Waals surface area contributed by atoms with Crippen LogP contribution in [0.4, 0.5) is 0 Å². The van der Waals surface area contributed by atoms with Gasteiger partial charge in [0.25, 0.3) is 0 Å². The second-order valence-corrected chi connectivity index (χ2v) is 6.62. The van der Waals surface area contributed by atoms with E-state index < -0.39 is 6.10 Å². The average molecular weight is 389 g/mol. The molecule has 2 N–H and O–H groups in total. The van der Waals surface area contributed by atoms with Crippen molar-refractivity contribution in [3.63, 3.8) is 0 Å². The second-order valence-electron chi connectivity index (χ2n) is 4.86. The first-order valence-electron chi connectivity index (χ1n) is 6.59. The Morgan fingerprint density at radius 2 is 1.81 bits per heavy atom. The zero-order valence-electron chi connectivity index (χ0n) is 11.5. The molecule has 0 amide bonds. The molecule has 0 saturated carbocycles. The summed E-state index contributed by atoms with van der Waals surface area (Å²) >= 11 is 15.4. The summed E-state index contributed by atoms with van der Waals surface area (Å²) in [5.41, 5.74) is 1.79. The van der Waals surface area contributed by atoms with Gasteiger partial charge >= 0.3 is 0 Å². The Morgan fingerprint density at radius 1 is 1.14 bits per heavy atom. The van der Waals surface area contributed by atoms with Gasteiger partial charge in [-0.3, -0.25) is 0 Å². The molecular formula is C16H16BrCl2NO. The molecule has 2 aromatic carbocycles. The molecule has 112 valence electrons. The zero-order chi connectivity index (χ0) is 15.4. The van der Waals surface area contributed by atoms with E-state index in [-0.39, 0.29) is 6.04 Å². The van der Waals surface area contributed by atoms with Crippen molar-refractivity contribution in [3.05, 3.63) is 68.1 Å². The summed E-state index contributed by atoms with van der Waals surface area (Å²) in [6.45, 7) is 2.45. The van der Waals surface area contributed by atoms with Crippen molar-refractivity contribution in [2.24, 2.45) is 0 Å². The molecular weight excluding hydrogens is 373 g/mol. The van der Waals surface area contributed by atoms with Crippen molar-refractivity contribution in [2.75, 3.05) is 6.54 Å². The van der Waals surface area contributed by atoms with Gasteiger partial charge in [0.2, 0.25) is 0 Å². The number of nitrogens with one attached hydrogen (secondary N) is 1. The van der Waals surface area contributed by atoms with Crippen molar-refractivity contribution in [1.82, 2.24) is 5.32 Å². The third-order valence-electron chi connectivity index (χ3n) is 3.30. The largest absolute Gasteiger partial charge is 0.387 e. The smallest absolute Gasteiger partial charge is 0.0929 e. The van der Waals surface area contributed by atoms with E-state index in [1.807, 2.05) is 24.3 Å². The normalized spacial score (nSPS) is 14.0. The fraction of sp³-hybridized carbons (Fsp3) is 0.250. The molecule has 0 fully saturated rings. The molecule has 21 heavy (non-hydrogen) atoms. The van der Waals surface area contributed by atoms with Crippen molar-refractivity contribution >= 4 is 39.1 Å². The molecule has 0 aliphatic carbocycles. The van der Waals surface area contributed by atoms with Crippen LogP contribution < -0.4 is 5.32 Å². The van der Waals surface area contributed by atoms with Gasteiger partial charge in [-0.2, -0.15) is 0 Å². The van der Waals surface area contributed by atoms with Gasteiger partial charge in [0.15, 0.2) is 0 Å². The highest BCUT2D eigenvalue weighted by atomic mass is 79.9. The first-order chi connectivity index (χ1) is 9.97. The minimum Gasteiger partial charge on any atom is -0.387 e. The predicted octanol–water partition coefficient (Wildman–Crippen LogP) is 5.14. The lowest BCUT2D eigenvalue weighted by Gasteiger charge is -2.18. The van der Waals surface area contributed by atoms with E-state index >= 15 is 0 Å². The quantitative estimate of drug-likeness (QED) is 0.743. The summed E-state index contributed by atoms with van der Waals surface area (Å²) in [6.07, 6.45) is -0.700. The highest BCUT2D eigenvalue weighted by Gasteiger charge is 2.14. The molecule has 0 spiro atoms. The van der Waals surface area contributed by atoms with Gasteiger partial charge < -0.3 is 10.4 Å². The van der Waals surface area contributed by atoms with Crippen LogP contribution in [0.25, 0.3) is 0 Å². The summed E-state index contributed by atoms with van der Waals surface area (Å²) in [5.74, 6) is 0. The van der Waals surface area contributed by atoms with Crippen LogP contribution >= 0.6 is 39.1 Å². The number of benzene rings is 2. The van der Waals surface area contributed by atoms with Crippen LogP contribution in [0, 0.1) is 0 Å². The Balaban J connectivity index is 1.98. The second kappa shape index (κ2) is 7.61. The number of hydrogen-bond acceptors (Lipinski definition) is 2. The van der Waals surface area contributed by atoms with Gasteiger partial charge in [-0.25, -0.2) is 0 Å². The molecule has 0 aliphatic rings. The summed E-state index contributed by atoms with van der Waals surface area (Å²) < 4.78 is 1.05. The lowest BCUT2D eigenvalue weighted by Crippen LogP contribution is -2.24. The van der Waals surface area contributed by atoms with Gasteiger partial charge in [-0.1, -0.05) is 51.3 Å². The van der Waals surface area contributed by atoms with Crippen LogP contribution in [0.3, 0.4) is 0 Å². The minimum atomic E-state index is -0.700. The molecule has 5 heteroatoms. The Labute approximate surface area is 143 Å². The Morgan fingerprint density at radius 3 is 2.48 bits per heavy atom. The topological polar surface area (TPSA) is 32.3 Å². The number of rotatable bonds is 5. The molecule has 0 radical (unpaired) electrons. The van der Waals surface area contributed by atoms with Crippen LogP contribution in [0.1, 0.15) is 30.2 Å². The molecule has 0 aromatic heterocycles. The van der Waals surface area contributed by atoms with Crippen molar-refractivity contribution in [2.45, 2.75) is 19.1 Å². The van der Waals surface area contributed by atoms with Gasteiger partial charge in [0.05, 0.1) is 6.10 Å². The molecule has 2 rings (SSSR count). The number of aliphatic hydroxyl groups is 1. The standard InChI is InChI=1S/C16H16BrCl2NO/c1-10(11-2-4-12(17)5-3-11)20-9-16(21)14-8-13(18)6-7-15(14)19/h2-8,10,16,20-21H,9H2,1H3/t10-,16?/m0/s1. The van der Waals surface area contributed by atoms with Gasteiger partial charge in [-0.05, 0) is 42.8 Å². The Kier molecular flexibility index (Phi) is 6.08. The van der Waals surface area contributed by atoms with Gasteiger partial charge in [0.1, 0.15) is 0 Å². The monoisotopic (exact) mass is 387 g/mol. The van der Waals surface area contributed by atoms with Gasteiger partial charge in [0, 0.05) is 32.7 Å². The molecule has 2 aromatic rings. The highest BCUT2D eigenvalue weighted by Crippen LogP contribution is 2.26. The molecule has 0 aliphatic heterocycles. The van der Waals surface area contributed by atoms with Crippen molar-refractivity contribution < 1.29 is 5.11 Å². The van der Waals surface area contributed by atoms with Crippen LogP contribution in [-0.4, -0.2) is 11.7 Å². The SMILES string of the molecule is C[C@H](NCC(O)c1cc(Cl)ccc1Cl)c1ccc(Br)cc1. The van der Waals surface area contributed by atoms with Crippen LogP contribution in [0.15, 0.2) is 46.9 Å². The minimum absolute atomic E-state index is 0.130. The maximum absolute atomic E-state index is 10.3. The van der Waals surface area contributed by atoms with E-state index in [1.54, 1.807) is 18.2 Å². The Hall–Kier alpha value is -0.580. The maximum atomic E-state index is 10.3. The Bertz CT molecular complexity index is 604. The van der Waals surface area contributed by atoms with E-state index in [1.165, 1.54) is 0 Å². The highest BCUT2D eigenvalue weighted by molar-refractivity contribution is 9.10. The molecule has 1 unspecified atom stereocenters. The van der Waals surface area contributed by atoms with Crippen molar-refractivity contribution in [3.8, 4) is 0 Å². The number of aliphatic hydroxyl groups excluding tert-OH is 1. The predicted molar refractivity (Wildman–Crippen MR) is 92.0 cm³/mol. The first-order valence-corrected chi connectivity index (χ1v) is 8.14. The molecule has 0 heterocycles. The first kappa shape index (κ1) is 16.8. The zero-order valence-corrected chi connectivity index (χ0v) is 14.6. The van der Waals surface area contributed by atoms with E-state index in [0.717, 1.165) is 10.0 Å². The number of hydrogen-bond donors (Lipinski definition) is 2. The average Bonchev–Trinajstić information content (AvgIpc) is 2.47. The molecule has 2 atom stereocenters. The lowest BCUT2D eigenvalue weighted by atomic mass is 10.1. The van der Waals surface area contributed by atoms with E-state index in [2.05, 4.69) is 28.2 Å². The third kappa shape index (κ3) is 4.70. The molecule has 0 bridgehead atoms. The van der Waals surface area contributed by atoms with Crippen LogP contribution in [-0.2, 0) is 0 Å². The third-order valence-corrected chi connectivity index (χ3v) is 4.41. The van der Waals surface area contributed by atoms with Gasteiger partial charge in [-0.15, -0.1) is 0 Å². The summed E-state index contributed by atoms with van der Waals surface area (Å²) in [6, 6.07) is 13.3. The van der Waals surface area contributed by atoms with E-state index in [4.69, 9.17) is 23.2 Å². The fourth-order valence-corrected chi connectivity index (χ4v) is 2.73. The maximum Gasteiger partial charge on any atom is 0.0929 e. The fourth-order valence-electron chi connectivity index (χ4n) is 2.04. The van der Waals surface area contributed by atoms with Crippen molar-refractivity contribution in [1.29, 1.82) is 0 Å². The molecule has 0 saturated heterocycles. The van der Waals surface area contributed by atoms with Crippen LogP contribution in [0.5, 0.6) is 0 Å². The van der Waals surface area contributed by atoms with E-state index in [0.29, 0.717) is 22.2 Å². The summed E-state index contributed by atoms with van der Waals surface area (Å²) in [7, 11) is 0. The van der Waals surface area contributed by atoms with E-state index in [9.17, 15) is 5.11 Å². The number of halogens is 3.